The molecule has 1 rings (SSSR count). The van der Waals surface area contributed by atoms with E-state index in [-0.39, 0.29) is 17.9 Å². The summed E-state index contributed by atoms with van der Waals surface area (Å²) in [5.41, 5.74) is 1.14. The highest BCUT2D eigenvalue weighted by atomic mass is 35.5. The SMILES string of the molecule is Cc1c(OC(F)(F)F)ncc(CCl)c1CC#N. The number of alkyl halides is 4. The summed E-state index contributed by atoms with van der Waals surface area (Å²) in [7, 11) is 0. The van der Waals surface area contributed by atoms with E-state index in [0.717, 1.165) is 0 Å². The number of aromatic nitrogens is 1. The monoisotopic (exact) mass is 264 g/mol. The van der Waals surface area contributed by atoms with Gasteiger partial charge in [-0.3, -0.25) is 0 Å². The first-order valence-electron chi connectivity index (χ1n) is 4.55. The highest BCUT2D eigenvalue weighted by Gasteiger charge is 2.33. The second-order valence-electron chi connectivity index (χ2n) is 3.21. The highest BCUT2D eigenvalue weighted by molar-refractivity contribution is 6.17. The molecule has 0 amide bonds. The van der Waals surface area contributed by atoms with Crippen molar-refractivity contribution in [3.8, 4) is 11.9 Å². The summed E-state index contributed by atoms with van der Waals surface area (Å²) < 4.78 is 40.0. The average Bonchev–Trinajstić information content (AvgIpc) is 2.23. The minimum absolute atomic E-state index is 0.0371. The standard InChI is InChI=1S/C10H8ClF3N2O/c1-6-8(2-3-15)7(4-11)5-16-9(6)17-10(12,13)14/h5H,2,4H2,1H3. The molecule has 0 fully saturated rings. The van der Waals surface area contributed by atoms with Gasteiger partial charge in [0.05, 0.1) is 12.5 Å². The molecule has 0 aliphatic carbocycles. The summed E-state index contributed by atoms with van der Waals surface area (Å²) in [4.78, 5) is 3.54. The maximum atomic E-state index is 12.1. The predicted octanol–water partition coefficient (Wildman–Crippen LogP) is 3.09. The first-order valence-corrected chi connectivity index (χ1v) is 5.08. The third-order valence-corrected chi connectivity index (χ3v) is 2.40. The molecule has 0 unspecified atom stereocenters. The zero-order chi connectivity index (χ0) is 13.1. The summed E-state index contributed by atoms with van der Waals surface area (Å²) in [5, 5.41) is 8.61. The molecule has 0 aliphatic rings. The quantitative estimate of drug-likeness (QED) is 0.788. The number of pyridine rings is 1. The van der Waals surface area contributed by atoms with Crippen LogP contribution in [-0.4, -0.2) is 11.3 Å². The van der Waals surface area contributed by atoms with Crippen LogP contribution in [0.25, 0.3) is 0 Å². The van der Waals surface area contributed by atoms with E-state index in [9.17, 15) is 13.2 Å². The van der Waals surface area contributed by atoms with Crippen LogP contribution in [0, 0.1) is 18.3 Å². The molecule has 7 heteroatoms. The lowest BCUT2D eigenvalue weighted by atomic mass is 10.0. The van der Waals surface area contributed by atoms with Gasteiger partial charge in [-0.1, -0.05) is 0 Å². The summed E-state index contributed by atoms with van der Waals surface area (Å²) in [6.07, 6.45) is -3.65. The van der Waals surface area contributed by atoms with Crippen LogP contribution >= 0.6 is 11.6 Å². The van der Waals surface area contributed by atoms with Crippen molar-refractivity contribution in [3.63, 3.8) is 0 Å². The lowest BCUT2D eigenvalue weighted by Gasteiger charge is -2.14. The number of halogens is 4. The van der Waals surface area contributed by atoms with Crippen molar-refractivity contribution in [3.05, 3.63) is 22.9 Å². The second-order valence-corrected chi connectivity index (χ2v) is 3.48. The van der Waals surface area contributed by atoms with Crippen molar-refractivity contribution < 1.29 is 17.9 Å². The van der Waals surface area contributed by atoms with Crippen LogP contribution in [0.1, 0.15) is 16.7 Å². The van der Waals surface area contributed by atoms with Gasteiger partial charge in [0.25, 0.3) is 0 Å². The highest BCUT2D eigenvalue weighted by Crippen LogP contribution is 2.28. The van der Waals surface area contributed by atoms with E-state index in [1.54, 1.807) is 0 Å². The molecule has 1 aromatic rings. The van der Waals surface area contributed by atoms with Gasteiger partial charge in [0, 0.05) is 17.6 Å². The fraction of sp³-hybridized carbons (Fsp3) is 0.400. The molecular formula is C10H8ClF3N2O. The molecule has 0 spiro atoms. The summed E-state index contributed by atoms with van der Waals surface area (Å²) in [5.74, 6) is -0.464. The van der Waals surface area contributed by atoms with E-state index in [4.69, 9.17) is 16.9 Å². The molecule has 0 bridgehead atoms. The van der Waals surface area contributed by atoms with Gasteiger partial charge < -0.3 is 4.74 Å². The summed E-state index contributed by atoms with van der Waals surface area (Å²) in [6, 6.07) is 1.87. The molecule has 1 heterocycles. The molecule has 0 aromatic carbocycles. The van der Waals surface area contributed by atoms with Crippen LogP contribution in [0.3, 0.4) is 0 Å². The van der Waals surface area contributed by atoms with Crippen LogP contribution < -0.4 is 4.74 Å². The zero-order valence-electron chi connectivity index (χ0n) is 8.81. The van der Waals surface area contributed by atoms with Crippen LogP contribution in [0.5, 0.6) is 5.88 Å². The van der Waals surface area contributed by atoms with Crippen molar-refractivity contribution in [1.82, 2.24) is 4.98 Å². The Labute approximate surface area is 101 Å². The molecule has 0 radical (unpaired) electrons. The number of hydrogen-bond donors (Lipinski definition) is 0. The molecule has 92 valence electrons. The Morgan fingerprint density at radius 1 is 1.53 bits per heavy atom. The first-order chi connectivity index (χ1) is 7.89. The van der Waals surface area contributed by atoms with Gasteiger partial charge in [-0.15, -0.1) is 24.8 Å². The molecule has 3 nitrogen and oxygen atoms in total. The number of nitrogens with zero attached hydrogens (tertiary/aromatic N) is 2. The molecule has 0 N–H and O–H groups in total. The van der Waals surface area contributed by atoms with E-state index >= 15 is 0 Å². The van der Waals surface area contributed by atoms with Crippen LogP contribution in [0.15, 0.2) is 6.20 Å². The third kappa shape index (κ3) is 3.49. The van der Waals surface area contributed by atoms with Crippen LogP contribution in [0.2, 0.25) is 0 Å². The molecule has 17 heavy (non-hydrogen) atoms. The molecule has 1 aromatic heterocycles. The van der Waals surface area contributed by atoms with Crippen molar-refractivity contribution >= 4 is 11.6 Å². The normalized spacial score (nSPS) is 11.1. The van der Waals surface area contributed by atoms with Gasteiger partial charge >= 0.3 is 6.36 Å². The zero-order valence-corrected chi connectivity index (χ0v) is 9.56. The lowest BCUT2D eigenvalue weighted by Crippen LogP contribution is -2.19. The Morgan fingerprint density at radius 2 is 2.18 bits per heavy atom. The van der Waals surface area contributed by atoms with Gasteiger partial charge in [0.1, 0.15) is 0 Å². The maximum absolute atomic E-state index is 12.1. The Hall–Kier alpha value is -1.48. The lowest BCUT2D eigenvalue weighted by molar-refractivity contribution is -0.276. The average molecular weight is 265 g/mol. The Morgan fingerprint density at radius 3 is 2.65 bits per heavy atom. The minimum Gasteiger partial charge on any atom is -0.388 e. The van der Waals surface area contributed by atoms with E-state index in [1.807, 2.05) is 6.07 Å². The van der Waals surface area contributed by atoms with E-state index < -0.39 is 12.2 Å². The Balaban J connectivity index is 3.19. The number of hydrogen-bond acceptors (Lipinski definition) is 3. The summed E-state index contributed by atoms with van der Waals surface area (Å²) >= 11 is 5.61. The third-order valence-electron chi connectivity index (χ3n) is 2.11. The van der Waals surface area contributed by atoms with Crippen molar-refractivity contribution in [1.29, 1.82) is 5.26 Å². The summed E-state index contributed by atoms with van der Waals surface area (Å²) in [6.45, 7) is 1.41. The smallest absolute Gasteiger partial charge is 0.388 e. The van der Waals surface area contributed by atoms with Gasteiger partial charge in [0.15, 0.2) is 0 Å². The van der Waals surface area contributed by atoms with Gasteiger partial charge in [0.2, 0.25) is 5.88 Å². The van der Waals surface area contributed by atoms with E-state index in [0.29, 0.717) is 11.1 Å². The van der Waals surface area contributed by atoms with E-state index in [1.165, 1.54) is 13.1 Å². The largest absolute Gasteiger partial charge is 0.574 e. The molecule has 0 saturated heterocycles. The van der Waals surface area contributed by atoms with Crippen molar-refractivity contribution in [2.75, 3.05) is 0 Å². The van der Waals surface area contributed by atoms with Gasteiger partial charge in [-0.05, 0) is 18.1 Å². The maximum Gasteiger partial charge on any atom is 0.574 e. The second kappa shape index (κ2) is 5.23. The molecule has 0 saturated carbocycles. The van der Waals surface area contributed by atoms with Crippen molar-refractivity contribution in [2.45, 2.75) is 25.6 Å². The minimum atomic E-state index is -4.80. The number of rotatable bonds is 3. The number of nitriles is 1. The van der Waals surface area contributed by atoms with Crippen LogP contribution in [-0.2, 0) is 12.3 Å². The first kappa shape index (κ1) is 13.6. The predicted molar refractivity (Wildman–Crippen MR) is 54.5 cm³/mol. The molecule has 0 atom stereocenters. The van der Waals surface area contributed by atoms with Gasteiger partial charge in [-0.25, -0.2) is 4.98 Å². The molecule has 0 aliphatic heterocycles. The van der Waals surface area contributed by atoms with Crippen molar-refractivity contribution in [2.24, 2.45) is 0 Å². The Bertz CT molecular complexity index is 454. The number of ether oxygens (including phenoxy) is 1. The van der Waals surface area contributed by atoms with Gasteiger partial charge in [-0.2, -0.15) is 5.26 Å². The topological polar surface area (TPSA) is 45.9 Å². The fourth-order valence-electron chi connectivity index (χ4n) is 1.33. The molecular weight excluding hydrogens is 257 g/mol. The Kier molecular flexibility index (Phi) is 4.18. The van der Waals surface area contributed by atoms with E-state index in [2.05, 4.69) is 9.72 Å². The fourth-order valence-corrected chi connectivity index (χ4v) is 1.56. The van der Waals surface area contributed by atoms with Crippen LogP contribution in [0.4, 0.5) is 13.2 Å².